The molecule has 1 saturated heterocycles. The van der Waals surface area contributed by atoms with Crippen molar-refractivity contribution in [3.63, 3.8) is 0 Å². The third-order valence-electron chi connectivity index (χ3n) is 3.44. The zero-order valence-corrected chi connectivity index (χ0v) is 11.3. The zero-order valence-electron chi connectivity index (χ0n) is 11.3. The molecule has 1 aromatic carbocycles. The van der Waals surface area contributed by atoms with E-state index in [0.29, 0.717) is 19.0 Å². The number of aryl methyl sites for hydroxylation is 1. The van der Waals surface area contributed by atoms with E-state index in [1.807, 2.05) is 36.1 Å². The van der Waals surface area contributed by atoms with Crippen LogP contribution in [0.25, 0.3) is 0 Å². The molecule has 0 aliphatic carbocycles. The first-order valence-corrected chi connectivity index (χ1v) is 6.62. The summed E-state index contributed by atoms with van der Waals surface area (Å²) in [5, 5.41) is 3.21. The fourth-order valence-electron chi connectivity index (χ4n) is 2.28. The normalized spacial score (nSPS) is 14.8. The maximum atomic E-state index is 12.3. The number of hydrogen-bond donors (Lipinski definition) is 1. The number of likely N-dealkylation sites (tertiary alicyclic amines) is 1. The Kier molecular flexibility index (Phi) is 3.33. The van der Waals surface area contributed by atoms with Gasteiger partial charge in [0.05, 0.1) is 6.04 Å². The van der Waals surface area contributed by atoms with Gasteiger partial charge in [0.15, 0.2) is 0 Å². The maximum Gasteiger partial charge on any atom is 0.254 e. The summed E-state index contributed by atoms with van der Waals surface area (Å²) in [6, 6.07) is 9.68. The number of nitrogens with zero attached hydrogens (tertiary/aromatic N) is 3. The number of nitrogens with one attached hydrogen (secondary N) is 1. The van der Waals surface area contributed by atoms with Crippen LogP contribution in [0.4, 0.5) is 5.95 Å². The van der Waals surface area contributed by atoms with Crippen molar-refractivity contribution in [3.8, 4) is 0 Å². The first-order chi connectivity index (χ1) is 9.74. The van der Waals surface area contributed by atoms with Crippen LogP contribution in [0.5, 0.6) is 0 Å². The van der Waals surface area contributed by atoms with Gasteiger partial charge >= 0.3 is 0 Å². The number of carbonyl (C=O) groups is 1. The fraction of sp³-hybridized carbons (Fsp3) is 0.267. The van der Waals surface area contributed by atoms with Gasteiger partial charge < -0.3 is 10.2 Å². The summed E-state index contributed by atoms with van der Waals surface area (Å²) in [5.41, 5.74) is 1.79. The quantitative estimate of drug-likeness (QED) is 0.921. The van der Waals surface area contributed by atoms with E-state index in [1.165, 1.54) is 0 Å². The number of benzene rings is 1. The Bertz CT molecular complexity index is 608. The highest BCUT2D eigenvalue weighted by Crippen LogP contribution is 2.17. The Morgan fingerprint density at radius 3 is 2.60 bits per heavy atom. The molecule has 0 saturated carbocycles. The van der Waals surface area contributed by atoms with Gasteiger partial charge in [0, 0.05) is 31.0 Å². The second-order valence-electron chi connectivity index (χ2n) is 4.94. The van der Waals surface area contributed by atoms with E-state index in [4.69, 9.17) is 0 Å². The molecule has 0 unspecified atom stereocenters. The van der Waals surface area contributed by atoms with Crippen LogP contribution in [-0.2, 0) is 0 Å². The molecular weight excluding hydrogens is 252 g/mol. The molecule has 1 aromatic heterocycles. The highest BCUT2D eigenvalue weighted by Gasteiger charge is 2.31. The van der Waals surface area contributed by atoms with Crippen LogP contribution in [0.2, 0.25) is 0 Å². The lowest BCUT2D eigenvalue weighted by Crippen LogP contribution is -2.57. The lowest BCUT2D eigenvalue weighted by Gasteiger charge is -2.39. The molecule has 1 aliphatic rings. The van der Waals surface area contributed by atoms with Gasteiger partial charge in [-0.3, -0.25) is 4.79 Å². The van der Waals surface area contributed by atoms with E-state index >= 15 is 0 Å². The molecule has 5 nitrogen and oxygen atoms in total. The van der Waals surface area contributed by atoms with Crippen molar-refractivity contribution in [2.45, 2.75) is 13.0 Å². The predicted molar refractivity (Wildman–Crippen MR) is 76.5 cm³/mol. The van der Waals surface area contributed by atoms with Gasteiger partial charge in [0.1, 0.15) is 0 Å². The van der Waals surface area contributed by atoms with E-state index in [9.17, 15) is 4.79 Å². The molecule has 102 valence electrons. The largest absolute Gasteiger partial charge is 0.348 e. The van der Waals surface area contributed by atoms with Gasteiger partial charge in [-0.1, -0.05) is 18.2 Å². The summed E-state index contributed by atoms with van der Waals surface area (Å²) in [6.07, 6.45) is 3.40. The molecule has 5 heteroatoms. The van der Waals surface area contributed by atoms with Crippen molar-refractivity contribution in [1.29, 1.82) is 0 Å². The lowest BCUT2D eigenvalue weighted by atomic mass is 10.0. The van der Waals surface area contributed by atoms with Gasteiger partial charge in [-0.15, -0.1) is 0 Å². The molecule has 2 aromatic rings. The third-order valence-corrected chi connectivity index (χ3v) is 3.44. The third kappa shape index (κ3) is 2.47. The van der Waals surface area contributed by atoms with Crippen molar-refractivity contribution >= 4 is 11.9 Å². The molecule has 1 N–H and O–H groups in total. The minimum atomic E-state index is 0.0927. The SMILES string of the molecule is Cc1ccccc1C(=O)N1CC(Nc2ncccn2)C1. The molecule has 1 fully saturated rings. The molecule has 1 aliphatic heterocycles. The van der Waals surface area contributed by atoms with Crippen LogP contribution in [-0.4, -0.2) is 39.9 Å². The number of anilines is 1. The summed E-state index contributed by atoms with van der Waals surface area (Å²) >= 11 is 0. The Balaban J connectivity index is 1.58. The van der Waals surface area contributed by atoms with Crippen molar-refractivity contribution in [2.75, 3.05) is 18.4 Å². The number of hydrogen-bond acceptors (Lipinski definition) is 4. The average molecular weight is 268 g/mol. The lowest BCUT2D eigenvalue weighted by molar-refractivity contribution is 0.0624. The minimum Gasteiger partial charge on any atom is -0.348 e. The Morgan fingerprint density at radius 1 is 1.20 bits per heavy atom. The zero-order chi connectivity index (χ0) is 13.9. The Labute approximate surface area is 117 Å². The second kappa shape index (κ2) is 5.28. The van der Waals surface area contributed by atoms with E-state index in [0.717, 1.165) is 11.1 Å². The van der Waals surface area contributed by atoms with E-state index < -0.39 is 0 Å². The molecule has 2 heterocycles. The smallest absolute Gasteiger partial charge is 0.254 e. The Morgan fingerprint density at radius 2 is 1.90 bits per heavy atom. The molecule has 20 heavy (non-hydrogen) atoms. The van der Waals surface area contributed by atoms with Gasteiger partial charge in [0.25, 0.3) is 5.91 Å². The van der Waals surface area contributed by atoms with Gasteiger partial charge in [-0.2, -0.15) is 0 Å². The molecule has 0 spiro atoms. The maximum absolute atomic E-state index is 12.3. The molecule has 1 amide bonds. The molecule has 0 bridgehead atoms. The van der Waals surface area contributed by atoms with Crippen LogP contribution in [0.1, 0.15) is 15.9 Å². The summed E-state index contributed by atoms with van der Waals surface area (Å²) in [4.78, 5) is 22.4. The van der Waals surface area contributed by atoms with E-state index in [-0.39, 0.29) is 11.9 Å². The number of carbonyl (C=O) groups excluding carboxylic acids is 1. The standard InChI is InChI=1S/C15H16N4O/c1-11-5-2-3-6-13(11)14(20)19-9-12(10-19)18-15-16-7-4-8-17-15/h2-8,12H,9-10H2,1H3,(H,16,17,18). The highest BCUT2D eigenvalue weighted by molar-refractivity contribution is 5.96. The summed E-state index contributed by atoms with van der Waals surface area (Å²) in [7, 11) is 0. The van der Waals surface area contributed by atoms with Crippen LogP contribution in [0, 0.1) is 6.92 Å². The number of aromatic nitrogens is 2. The average Bonchev–Trinajstić information content (AvgIpc) is 2.43. The van der Waals surface area contributed by atoms with E-state index in [1.54, 1.807) is 18.5 Å². The van der Waals surface area contributed by atoms with Gasteiger partial charge in [-0.25, -0.2) is 9.97 Å². The summed E-state index contributed by atoms with van der Waals surface area (Å²) < 4.78 is 0. The molecule has 0 atom stereocenters. The highest BCUT2D eigenvalue weighted by atomic mass is 16.2. The first-order valence-electron chi connectivity index (χ1n) is 6.62. The van der Waals surface area contributed by atoms with Crippen LogP contribution >= 0.6 is 0 Å². The molecular formula is C15H16N4O. The van der Waals surface area contributed by atoms with Crippen LogP contribution < -0.4 is 5.32 Å². The van der Waals surface area contributed by atoms with Crippen molar-refractivity contribution < 1.29 is 4.79 Å². The minimum absolute atomic E-state index is 0.0927. The molecule has 3 rings (SSSR count). The summed E-state index contributed by atoms with van der Waals surface area (Å²) in [5.74, 6) is 0.704. The predicted octanol–water partition coefficient (Wildman–Crippen LogP) is 1.72. The topological polar surface area (TPSA) is 58.1 Å². The van der Waals surface area contributed by atoms with Crippen molar-refractivity contribution in [1.82, 2.24) is 14.9 Å². The van der Waals surface area contributed by atoms with Gasteiger partial charge in [-0.05, 0) is 24.6 Å². The fourth-order valence-corrected chi connectivity index (χ4v) is 2.28. The van der Waals surface area contributed by atoms with Crippen LogP contribution in [0.3, 0.4) is 0 Å². The Hall–Kier alpha value is -2.43. The first kappa shape index (κ1) is 12.6. The van der Waals surface area contributed by atoms with Gasteiger partial charge in [0.2, 0.25) is 5.95 Å². The van der Waals surface area contributed by atoms with Crippen molar-refractivity contribution in [2.24, 2.45) is 0 Å². The van der Waals surface area contributed by atoms with Crippen molar-refractivity contribution in [3.05, 3.63) is 53.9 Å². The number of amides is 1. The monoisotopic (exact) mass is 268 g/mol. The number of rotatable bonds is 3. The summed E-state index contributed by atoms with van der Waals surface area (Å²) in [6.45, 7) is 3.33. The van der Waals surface area contributed by atoms with Crippen LogP contribution in [0.15, 0.2) is 42.7 Å². The second-order valence-corrected chi connectivity index (χ2v) is 4.94. The molecule has 0 radical (unpaired) electrons. The van der Waals surface area contributed by atoms with E-state index in [2.05, 4.69) is 15.3 Å².